The summed E-state index contributed by atoms with van der Waals surface area (Å²) in [7, 11) is 2.32. The molecule has 1 fully saturated rings. The summed E-state index contributed by atoms with van der Waals surface area (Å²) in [6.45, 7) is 8.91. The summed E-state index contributed by atoms with van der Waals surface area (Å²) in [5.74, 6) is 0. The molecule has 22 heavy (non-hydrogen) atoms. The Morgan fingerprint density at radius 3 is 2.55 bits per heavy atom. The van der Waals surface area contributed by atoms with E-state index in [9.17, 15) is 0 Å². The van der Waals surface area contributed by atoms with Gasteiger partial charge in [-0.1, -0.05) is 25.1 Å². The molecule has 1 saturated heterocycles. The molecule has 1 aromatic carbocycles. The number of nitrogens with one attached hydrogen (secondary N) is 2. The lowest BCUT2D eigenvalue weighted by atomic mass is 10.0. The number of anilines is 1. The van der Waals surface area contributed by atoms with E-state index < -0.39 is 0 Å². The molecule has 0 saturated carbocycles. The van der Waals surface area contributed by atoms with Crippen LogP contribution >= 0.6 is 12.2 Å². The van der Waals surface area contributed by atoms with Crippen LogP contribution in [0, 0.1) is 0 Å². The molecule has 0 amide bonds. The Kier molecular flexibility index (Phi) is 6.21. The minimum atomic E-state index is 0.693. The molecule has 1 heterocycles. The number of nitrogens with zero attached hydrogens (tertiary/aromatic N) is 1. The lowest BCUT2D eigenvalue weighted by molar-refractivity contribution is -0.928. The van der Waals surface area contributed by atoms with Crippen LogP contribution in [0.3, 0.4) is 0 Å². The van der Waals surface area contributed by atoms with Gasteiger partial charge in [-0.2, -0.15) is 0 Å². The second-order valence-electron chi connectivity index (χ2n) is 6.60. The monoisotopic (exact) mass is 320 g/mol. The van der Waals surface area contributed by atoms with Gasteiger partial charge in [-0.05, 0) is 44.1 Å². The number of aryl methyl sites for hydroxylation is 1. The molecule has 122 valence electrons. The molecule has 1 aromatic rings. The van der Waals surface area contributed by atoms with E-state index in [4.69, 9.17) is 12.2 Å². The fourth-order valence-electron chi connectivity index (χ4n) is 3.15. The number of hydrogen-bond acceptors (Lipinski definition) is 1. The first-order chi connectivity index (χ1) is 10.5. The summed E-state index contributed by atoms with van der Waals surface area (Å²) in [5, 5.41) is 4.32. The van der Waals surface area contributed by atoms with Crippen LogP contribution in [0.4, 0.5) is 5.69 Å². The van der Waals surface area contributed by atoms with Gasteiger partial charge in [-0.25, -0.2) is 0 Å². The van der Waals surface area contributed by atoms with Crippen molar-refractivity contribution >= 4 is 23.0 Å². The van der Waals surface area contributed by atoms with Crippen LogP contribution in [0.5, 0.6) is 0 Å². The maximum absolute atomic E-state index is 5.63. The number of hydrogen-bond donors (Lipinski definition) is 2. The van der Waals surface area contributed by atoms with E-state index in [0.717, 1.165) is 36.4 Å². The Morgan fingerprint density at radius 2 is 1.95 bits per heavy atom. The van der Waals surface area contributed by atoms with Crippen molar-refractivity contribution in [2.75, 3.05) is 25.5 Å². The van der Waals surface area contributed by atoms with Crippen LogP contribution in [-0.2, 0) is 6.42 Å². The van der Waals surface area contributed by atoms with E-state index in [2.05, 4.69) is 62.3 Å². The zero-order valence-corrected chi connectivity index (χ0v) is 15.2. The molecule has 1 aliphatic rings. The van der Waals surface area contributed by atoms with Gasteiger partial charge in [0.15, 0.2) is 5.11 Å². The van der Waals surface area contributed by atoms with Crippen LogP contribution in [0.2, 0.25) is 0 Å². The van der Waals surface area contributed by atoms with E-state index in [0.29, 0.717) is 6.04 Å². The third kappa shape index (κ3) is 4.20. The maximum atomic E-state index is 5.63. The molecule has 1 unspecified atom stereocenters. The summed E-state index contributed by atoms with van der Waals surface area (Å²) >= 11 is 5.63. The Morgan fingerprint density at radius 1 is 1.32 bits per heavy atom. The molecule has 0 spiro atoms. The van der Waals surface area contributed by atoms with Gasteiger partial charge in [0.1, 0.15) is 0 Å². The number of quaternary nitrogens is 1. The zero-order chi connectivity index (χ0) is 16.1. The molecule has 0 bridgehead atoms. The van der Waals surface area contributed by atoms with Gasteiger partial charge in [0.25, 0.3) is 0 Å². The molecular formula is C18H30N3S+. The third-order valence-corrected chi connectivity index (χ3v) is 5.34. The molecule has 1 aliphatic heterocycles. The topological polar surface area (TPSA) is 19.7 Å². The number of likely N-dealkylation sites (tertiary alicyclic amines) is 1. The van der Waals surface area contributed by atoms with Gasteiger partial charge in [0, 0.05) is 31.6 Å². The SMILES string of the molecule is CCc1ccccc1NC(=S)N1CCC([NH+](C)C(C)C)CC1. The van der Waals surface area contributed by atoms with Crippen LogP contribution in [-0.4, -0.2) is 42.2 Å². The lowest BCUT2D eigenvalue weighted by Gasteiger charge is -2.37. The van der Waals surface area contributed by atoms with Crippen LogP contribution < -0.4 is 10.2 Å². The Labute approximate surface area is 140 Å². The molecule has 2 rings (SSSR count). The van der Waals surface area contributed by atoms with Gasteiger partial charge < -0.3 is 15.1 Å². The van der Waals surface area contributed by atoms with Gasteiger partial charge in [0.2, 0.25) is 0 Å². The van der Waals surface area contributed by atoms with Gasteiger partial charge >= 0.3 is 0 Å². The molecule has 2 N–H and O–H groups in total. The fourth-order valence-corrected chi connectivity index (χ4v) is 3.45. The van der Waals surface area contributed by atoms with Crippen LogP contribution in [0.15, 0.2) is 24.3 Å². The number of rotatable bonds is 4. The average molecular weight is 321 g/mol. The first kappa shape index (κ1) is 17.2. The van der Waals surface area contributed by atoms with E-state index in [1.807, 2.05) is 0 Å². The summed E-state index contributed by atoms with van der Waals surface area (Å²) in [6, 6.07) is 9.90. The van der Waals surface area contributed by atoms with Crippen molar-refractivity contribution in [3.8, 4) is 0 Å². The highest BCUT2D eigenvalue weighted by Crippen LogP contribution is 2.17. The zero-order valence-electron chi connectivity index (χ0n) is 14.4. The second kappa shape index (κ2) is 7.93. The fraction of sp³-hybridized carbons (Fsp3) is 0.611. The minimum absolute atomic E-state index is 0.693. The molecule has 0 radical (unpaired) electrons. The molecule has 4 heteroatoms. The molecule has 3 nitrogen and oxygen atoms in total. The van der Waals surface area contributed by atoms with Crippen molar-refractivity contribution in [2.24, 2.45) is 0 Å². The molecule has 0 aromatic heterocycles. The summed E-state index contributed by atoms with van der Waals surface area (Å²) < 4.78 is 0. The van der Waals surface area contributed by atoms with E-state index in [-0.39, 0.29) is 0 Å². The van der Waals surface area contributed by atoms with Gasteiger partial charge in [-0.15, -0.1) is 0 Å². The Hall–Kier alpha value is -1.13. The number of benzene rings is 1. The molecule has 1 atom stereocenters. The first-order valence-electron chi connectivity index (χ1n) is 8.50. The summed E-state index contributed by atoms with van der Waals surface area (Å²) in [6.07, 6.45) is 3.47. The van der Waals surface area contributed by atoms with Crippen molar-refractivity contribution in [3.63, 3.8) is 0 Å². The van der Waals surface area contributed by atoms with Crippen molar-refractivity contribution in [1.82, 2.24) is 4.90 Å². The smallest absolute Gasteiger partial charge is 0.173 e. The van der Waals surface area contributed by atoms with Crippen molar-refractivity contribution in [2.45, 2.75) is 52.1 Å². The predicted molar refractivity (Wildman–Crippen MR) is 98.7 cm³/mol. The highest BCUT2D eigenvalue weighted by Gasteiger charge is 2.27. The molecule has 0 aliphatic carbocycles. The van der Waals surface area contributed by atoms with Crippen LogP contribution in [0.25, 0.3) is 0 Å². The summed E-state index contributed by atoms with van der Waals surface area (Å²) in [5.41, 5.74) is 2.48. The van der Waals surface area contributed by atoms with Crippen LogP contribution in [0.1, 0.15) is 39.2 Å². The summed E-state index contributed by atoms with van der Waals surface area (Å²) in [4.78, 5) is 3.97. The normalized spacial score (nSPS) is 17.6. The van der Waals surface area contributed by atoms with Crippen molar-refractivity contribution in [1.29, 1.82) is 0 Å². The average Bonchev–Trinajstić information content (AvgIpc) is 2.54. The number of thiocarbonyl (C=S) groups is 1. The van der Waals surface area contributed by atoms with Gasteiger partial charge in [0.05, 0.1) is 19.1 Å². The molecular weight excluding hydrogens is 290 g/mol. The van der Waals surface area contributed by atoms with E-state index in [1.54, 1.807) is 4.90 Å². The van der Waals surface area contributed by atoms with E-state index in [1.165, 1.54) is 18.4 Å². The quantitative estimate of drug-likeness (QED) is 0.831. The van der Waals surface area contributed by atoms with Crippen molar-refractivity contribution < 1.29 is 4.90 Å². The first-order valence-corrected chi connectivity index (χ1v) is 8.90. The number of para-hydroxylation sites is 1. The maximum Gasteiger partial charge on any atom is 0.173 e. The van der Waals surface area contributed by atoms with Crippen molar-refractivity contribution in [3.05, 3.63) is 29.8 Å². The predicted octanol–water partition coefficient (Wildman–Crippen LogP) is 2.33. The third-order valence-electron chi connectivity index (χ3n) is 4.98. The van der Waals surface area contributed by atoms with E-state index >= 15 is 0 Å². The highest BCUT2D eigenvalue weighted by molar-refractivity contribution is 7.80. The Balaban J connectivity index is 1.90. The minimum Gasteiger partial charge on any atom is -0.349 e. The Bertz CT molecular complexity index is 493. The lowest BCUT2D eigenvalue weighted by Crippen LogP contribution is -3.16. The van der Waals surface area contributed by atoms with Gasteiger partial charge in [-0.3, -0.25) is 0 Å². The highest BCUT2D eigenvalue weighted by atomic mass is 32.1. The largest absolute Gasteiger partial charge is 0.349 e. The number of piperidine rings is 1. The second-order valence-corrected chi connectivity index (χ2v) is 6.99. The standard InChI is InChI=1S/C18H29N3S/c1-5-15-8-6-7-9-17(15)19-18(22)21-12-10-16(11-13-21)20(4)14(2)3/h6-9,14,16H,5,10-13H2,1-4H3,(H,19,22)/p+1.